The van der Waals surface area contributed by atoms with Gasteiger partial charge in [-0.15, -0.1) is 0 Å². The summed E-state index contributed by atoms with van der Waals surface area (Å²) in [6, 6.07) is 18.7. The fraction of sp³-hybridized carbons (Fsp3) is 0.269. The fourth-order valence-corrected chi connectivity index (χ4v) is 5.62. The minimum Gasteiger partial charge on any atom is -0.351 e. The molecule has 1 amide bonds. The quantitative estimate of drug-likeness (QED) is 0.401. The van der Waals surface area contributed by atoms with Gasteiger partial charge >= 0.3 is 0 Å². The third kappa shape index (κ3) is 7.11. The van der Waals surface area contributed by atoms with Gasteiger partial charge in [0.2, 0.25) is 0 Å². The molecule has 3 aromatic carbocycles. The molecule has 0 saturated carbocycles. The van der Waals surface area contributed by atoms with Gasteiger partial charge < -0.3 is 5.32 Å². The number of nitrogens with one attached hydrogen (secondary N) is 2. The second-order valence-corrected chi connectivity index (χ2v) is 11.0. The number of carbonyl (C=O) groups is 1. The lowest BCUT2D eigenvalue weighted by Gasteiger charge is -2.13. The molecule has 3 aromatic rings. The maximum Gasteiger partial charge on any atom is 0.262 e. The molecule has 7 heteroatoms. The molecule has 174 valence electrons. The molecule has 0 heterocycles. The first-order valence-electron chi connectivity index (χ1n) is 10.8. The number of anilines is 1. The van der Waals surface area contributed by atoms with Crippen LogP contribution in [-0.2, 0) is 15.8 Å². The number of sulfonamides is 1. The van der Waals surface area contributed by atoms with Crippen molar-refractivity contribution in [3.8, 4) is 0 Å². The molecule has 0 bridgehead atoms. The molecule has 0 atom stereocenters. The van der Waals surface area contributed by atoms with Gasteiger partial charge in [-0.3, -0.25) is 9.52 Å². The van der Waals surface area contributed by atoms with Gasteiger partial charge in [-0.1, -0.05) is 42.0 Å². The van der Waals surface area contributed by atoms with Crippen molar-refractivity contribution in [2.24, 2.45) is 0 Å². The summed E-state index contributed by atoms with van der Waals surface area (Å²) >= 11 is 1.74. The second kappa shape index (κ2) is 10.9. The van der Waals surface area contributed by atoms with E-state index in [1.807, 2.05) is 19.9 Å². The third-order valence-electron chi connectivity index (χ3n) is 5.14. The van der Waals surface area contributed by atoms with Crippen LogP contribution in [0.4, 0.5) is 5.69 Å². The van der Waals surface area contributed by atoms with E-state index < -0.39 is 10.0 Å². The normalized spacial score (nSPS) is 11.3. The number of aryl methyl sites for hydroxylation is 4. The van der Waals surface area contributed by atoms with E-state index in [9.17, 15) is 13.2 Å². The summed E-state index contributed by atoms with van der Waals surface area (Å²) in [5.74, 6) is 1.37. The molecule has 0 aliphatic rings. The first-order valence-corrected chi connectivity index (χ1v) is 13.4. The van der Waals surface area contributed by atoms with E-state index in [0.29, 0.717) is 23.4 Å². The Bertz CT molecular complexity index is 1220. The van der Waals surface area contributed by atoms with Crippen LogP contribution in [0.3, 0.4) is 0 Å². The van der Waals surface area contributed by atoms with Crippen LogP contribution in [-0.4, -0.2) is 26.6 Å². The number of carbonyl (C=O) groups excluding carboxylic acids is 1. The molecule has 0 aliphatic carbocycles. The van der Waals surface area contributed by atoms with Crippen LogP contribution < -0.4 is 10.0 Å². The van der Waals surface area contributed by atoms with Gasteiger partial charge in [-0.25, -0.2) is 8.42 Å². The molecule has 0 spiro atoms. The number of benzene rings is 3. The smallest absolute Gasteiger partial charge is 0.262 e. The van der Waals surface area contributed by atoms with Gasteiger partial charge in [0.15, 0.2) is 0 Å². The van der Waals surface area contributed by atoms with E-state index >= 15 is 0 Å². The molecule has 5 nitrogen and oxygen atoms in total. The SMILES string of the molecule is Cc1ccc(CSCCNC(=O)c2ccc(C)c(S(=O)(=O)Nc3cc(C)cc(C)c3)c2)cc1. The molecule has 0 unspecified atom stereocenters. The Balaban J connectivity index is 1.61. The summed E-state index contributed by atoms with van der Waals surface area (Å²) in [6.45, 7) is 8.12. The Kier molecular flexibility index (Phi) is 8.21. The average Bonchev–Trinajstić information content (AvgIpc) is 2.73. The predicted molar refractivity (Wildman–Crippen MR) is 138 cm³/mol. The Morgan fingerprint density at radius 3 is 2.18 bits per heavy atom. The van der Waals surface area contributed by atoms with Gasteiger partial charge in [0.05, 0.1) is 4.90 Å². The monoisotopic (exact) mass is 482 g/mol. The summed E-state index contributed by atoms with van der Waals surface area (Å²) in [6.07, 6.45) is 0. The van der Waals surface area contributed by atoms with E-state index in [0.717, 1.165) is 22.6 Å². The van der Waals surface area contributed by atoms with Crippen LogP contribution in [0.25, 0.3) is 0 Å². The zero-order chi connectivity index (χ0) is 24.0. The van der Waals surface area contributed by atoms with Gasteiger partial charge in [0.25, 0.3) is 15.9 Å². The van der Waals surface area contributed by atoms with Crippen molar-refractivity contribution in [3.05, 3.63) is 94.0 Å². The minimum atomic E-state index is -3.83. The highest BCUT2D eigenvalue weighted by atomic mass is 32.2. The van der Waals surface area contributed by atoms with Crippen molar-refractivity contribution in [2.45, 2.75) is 38.3 Å². The Hall–Kier alpha value is -2.77. The molecule has 33 heavy (non-hydrogen) atoms. The zero-order valence-electron chi connectivity index (χ0n) is 19.4. The average molecular weight is 483 g/mol. The first-order chi connectivity index (χ1) is 15.6. The lowest BCUT2D eigenvalue weighted by molar-refractivity contribution is 0.0956. The van der Waals surface area contributed by atoms with E-state index in [4.69, 9.17) is 0 Å². The van der Waals surface area contributed by atoms with Crippen molar-refractivity contribution in [1.29, 1.82) is 0 Å². The minimum absolute atomic E-state index is 0.100. The van der Waals surface area contributed by atoms with Crippen molar-refractivity contribution in [2.75, 3.05) is 17.0 Å². The lowest BCUT2D eigenvalue weighted by Crippen LogP contribution is -2.26. The molecule has 0 aromatic heterocycles. The molecule has 3 rings (SSSR count). The van der Waals surface area contributed by atoms with Crippen molar-refractivity contribution >= 4 is 33.4 Å². The van der Waals surface area contributed by atoms with E-state index in [1.54, 1.807) is 43.0 Å². The highest BCUT2D eigenvalue weighted by Gasteiger charge is 2.19. The Labute approximate surface area is 201 Å². The van der Waals surface area contributed by atoms with Gasteiger partial charge in [-0.05, 0) is 74.2 Å². The van der Waals surface area contributed by atoms with Crippen molar-refractivity contribution in [3.63, 3.8) is 0 Å². The standard InChI is InChI=1S/C26H30N2O3S2/c1-18-5-8-22(9-6-18)17-32-12-11-27-26(29)23-10-7-21(4)25(16-23)33(30,31)28-24-14-19(2)13-20(3)15-24/h5-10,13-16,28H,11-12,17H2,1-4H3,(H,27,29). The summed E-state index contributed by atoms with van der Waals surface area (Å²) < 4.78 is 28.7. The third-order valence-corrected chi connectivity index (χ3v) is 7.69. The second-order valence-electron chi connectivity index (χ2n) is 8.26. The maximum absolute atomic E-state index is 13.0. The van der Waals surface area contributed by atoms with Crippen LogP contribution in [0.2, 0.25) is 0 Å². The van der Waals surface area contributed by atoms with Gasteiger partial charge in [-0.2, -0.15) is 11.8 Å². The maximum atomic E-state index is 13.0. The molecule has 2 N–H and O–H groups in total. The number of hydrogen-bond acceptors (Lipinski definition) is 4. The molecule has 0 aliphatic heterocycles. The van der Waals surface area contributed by atoms with Crippen LogP contribution in [0.5, 0.6) is 0 Å². The summed E-state index contributed by atoms with van der Waals surface area (Å²) in [5, 5.41) is 2.88. The predicted octanol–water partition coefficient (Wildman–Crippen LogP) is 5.38. The highest BCUT2D eigenvalue weighted by Crippen LogP contribution is 2.22. The number of amides is 1. The summed E-state index contributed by atoms with van der Waals surface area (Å²) in [5.41, 5.74) is 5.84. The summed E-state index contributed by atoms with van der Waals surface area (Å²) in [7, 11) is -3.83. The van der Waals surface area contributed by atoms with Crippen LogP contribution >= 0.6 is 11.8 Å². The molecule has 0 saturated heterocycles. The topological polar surface area (TPSA) is 75.3 Å². The summed E-state index contributed by atoms with van der Waals surface area (Å²) in [4.78, 5) is 12.7. The van der Waals surface area contributed by atoms with Crippen LogP contribution in [0.1, 0.15) is 38.2 Å². The fourth-order valence-electron chi connectivity index (χ4n) is 3.49. The largest absolute Gasteiger partial charge is 0.351 e. The van der Waals surface area contributed by atoms with E-state index in [-0.39, 0.29) is 10.8 Å². The van der Waals surface area contributed by atoms with E-state index in [2.05, 4.69) is 41.2 Å². The van der Waals surface area contributed by atoms with Crippen molar-refractivity contribution in [1.82, 2.24) is 5.32 Å². The van der Waals surface area contributed by atoms with Crippen LogP contribution in [0, 0.1) is 27.7 Å². The number of thioether (sulfide) groups is 1. The Morgan fingerprint density at radius 2 is 1.52 bits per heavy atom. The Morgan fingerprint density at radius 1 is 0.848 bits per heavy atom. The van der Waals surface area contributed by atoms with Gasteiger partial charge in [0, 0.05) is 29.3 Å². The zero-order valence-corrected chi connectivity index (χ0v) is 21.1. The molecule has 0 fully saturated rings. The van der Waals surface area contributed by atoms with E-state index in [1.165, 1.54) is 17.2 Å². The van der Waals surface area contributed by atoms with Gasteiger partial charge in [0.1, 0.15) is 0 Å². The number of hydrogen-bond donors (Lipinski definition) is 2. The molecular formula is C26H30N2O3S2. The first kappa shape index (κ1) is 24.9. The number of rotatable bonds is 9. The molecule has 0 radical (unpaired) electrons. The highest BCUT2D eigenvalue weighted by molar-refractivity contribution is 7.98. The lowest BCUT2D eigenvalue weighted by atomic mass is 10.1. The van der Waals surface area contributed by atoms with Crippen molar-refractivity contribution < 1.29 is 13.2 Å². The molecular weight excluding hydrogens is 452 g/mol. The van der Waals surface area contributed by atoms with Crippen LogP contribution in [0.15, 0.2) is 65.6 Å².